The van der Waals surface area contributed by atoms with Crippen molar-refractivity contribution in [2.24, 2.45) is 7.05 Å². The number of aromatic nitrogens is 1. The van der Waals surface area contributed by atoms with Crippen LogP contribution < -0.4 is 16.4 Å². The van der Waals surface area contributed by atoms with Crippen LogP contribution >= 0.6 is 15.9 Å². The van der Waals surface area contributed by atoms with Crippen molar-refractivity contribution >= 4 is 33.2 Å². The first-order chi connectivity index (χ1) is 10.8. The third-order valence-corrected chi connectivity index (χ3v) is 3.70. The van der Waals surface area contributed by atoms with Crippen molar-refractivity contribution in [1.29, 1.82) is 0 Å². The molecule has 1 amide bonds. The first-order valence-corrected chi connectivity index (χ1v) is 7.40. The molecule has 0 radical (unpaired) electrons. The highest BCUT2D eigenvalue weighted by Crippen LogP contribution is 2.26. The van der Waals surface area contributed by atoms with Gasteiger partial charge in [0.2, 0.25) is 5.82 Å². The molecule has 1 heterocycles. The summed E-state index contributed by atoms with van der Waals surface area (Å²) in [7, 11) is 2.63. The second kappa shape index (κ2) is 6.93. The van der Waals surface area contributed by atoms with Gasteiger partial charge in [-0.1, -0.05) is 15.9 Å². The van der Waals surface area contributed by atoms with E-state index in [1.165, 1.54) is 20.4 Å². The van der Waals surface area contributed by atoms with Gasteiger partial charge in [-0.25, -0.2) is 5.48 Å². The lowest BCUT2D eigenvalue weighted by Crippen LogP contribution is -2.29. The lowest BCUT2D eigenvalue weighted by Gasteiger charge is -2.15. The van der Waals surface area contributed by atoms with Crippen molar-refractivity contribution in [2.75, 3.05) is 12.4 Å². The van der Waals surface area contributed by atoms with E-state index in [9.17, 15) is 14.0 Å². The van der Waals surface area contributed by atoms with Crippen molar-refractivity contribution < 1.29 is 14.0 Å². The lowest BCUT2D eigenvalue weighted by atomic mass is 10.1. The largest absolute Gasteiger partial charge is 0.352 e. The SMILES string of the molecule is CONC(=O)c1cn(C)c(=O)c(F)c1Nc1ccc(Br)cc1C. The number of hydrogen-bond donors (Lipinski definition) is 2. The summed E-state index contributed by atoms with van der Waals surface area (Å²) in [5, 5.41) is 2.82. The third-order valence-electron chi connectivity index (χ3n) is 3.21. The van der Waals surface area contributed by atoms with Crippen LogP contribution in [0.5, 0.6) is 0 Å². The smallest absolute Gasteiger partial charge is 0.288 e. The minimum absolute atomic E-state index is 0.0474. The van der Waals surface area contributed by atoms with E-state index >= 15 is 0 Å². The van der Waals surface area contributed by atoms with Crippen molar-refractivity contribution in [1.82, 2.24) is 10.0 Å². The molecule has 8 heteroatoms. The van der Waals surface area contributed by atoms with Crippen LogP contribution in [0, 0.1) is 12.7 Å². The second-order valence-electron chi connectivity index (χ2n) is 4.87. The fraction of sp³-hybridized carbons (Fsp3) is 0.200. The Kier molecular flexibility index (Phi) is 5.17. The number of rotatable bonds is 4. The van der Waals surface area contributed by atoms with Crippen molar-refractivity contribution in [3.05, 3.63) is 56.2 Å². The van der Waals surface area contributed by atoms with E-state index in [2.05, 4.69) is 31.6 Å². The molecule has 0 atom stereocenters. The van der Waals surface area contributed by atoms with Crippen LogP contribution in [-0.4, -0.2) is 17.6 Å². The summed E-state index contributed by atoms with van der Waals surface area (Å²) in [6.07, 6.45) is 1.25. The van der Waals surface area contributed by atoms with Crippen LogP contribution in [0.15, 0.2) is 33.7 Å². The Balaban J connectivity index is 2.57. The summed E-state index contributed by atoms with van der Waals surface area (Å²) in [5.74, 6) is -1.71. The lowest BCUT2D eigenvalue weighted by molar-refractivity contribution is 0.0537. The monoisotopic (exact) mass is 383 g/mol. The molecule has 1 aromatic heterocycles. The highest BCUT2D eigenvalue weighted by atomic mass is 79.9. The number of carbonyl (C=O) groups excluding carboxylic acids is 1. The number of hydrogen-bond acceptors (Lipinski definition) is 4. The maximum absolute atomic E-state index is 14.4. The zero-order chi connectivity index (χ0) is 17.1. The molecular weight excluding hydrogens is 369 g/mol. The van der Waals surface area contributed by atoms with Gasteiger partial charge in [-0.05, 0) is 30.7 Å². The van der Waals surface area contributed by atoms with Crippen LogP contribution in [0.2, 0.25) is 0 Å². The van der Waals surface area contributed by atoms with Gasteiger partial charge in [-0.15, -0.1) is 0 Å². The number of halogens is 2. The summed E-state index contributed by atoms with van der Waals surface area (Å²) >= 11 is 3.34. The molecule has 0 bridgehead atoms. The summed E-state index contributed by atoms with van der Waals surface area (Å²) in [6.45, 7) is 1.82. The van der Waals surface area contributed by atoms with E-state index in [1.807, 2.05) is 13.0 Å². The molecule has 6 nitrogen and oxygen atoms in total. The Morgan fingerprint density at radius 2 is 2.09 bits per heavy atom. The van der Waals surface area contributed by atoms with E-state index in [-0.39, 0.29) is 11.3 Å². The predicted molar refractivity (Wildman–Crippen MR) is 88.3 cm³/mol. The molecule has 0 unspecified atom stereocenters. The molecule has 1 aromatic carbocycles. The molecule has 2 aromatic rings. The maximum atomic E-state index is 14.4. The summed E-state index contributed by atoms with van der Waals surface area (Å²) in [6, 6.07) is 5.31. The molecule has 23 heavy (non-hydrogen) atoms. The number of carbonyl (C=O) groups is 1. The molecule has 2 N–H and O–H groups in total. The fourth-order valence-electron chi connectivity index (χ4n) is 2.04. The van der Waals surface area contributed by atoms with Crippen LogP contribution in [0.1, 0.15) is 15.9 Å². The van der Waals surface area contributed by atoms with Gasteiger partial charge in [0.05, 0.1) is 18.4 Å². The topological polar surface area (TPSA) is 72.4 Å². The zero-order valence-corrected chi connectivity index (χ0v) is 14.3. The molecule has 0 saturated heterocycles. The van der Waals surface area contributed by atoms with Gasteiger partial charge in [0.25, 0.3) is 11.5 Å². The Bertz CT molecular complexity index is 820. The molecule has 2 rings (SSSR count). The predicted octanol–water partition coefficient (Wildman–Crippen LogP) is 2.63. The minimum Gasteiger partial charge on any atom is -0.352 e. The molecule has 0 spiro atoms. The van der Waals surface area contributed by atoms with E-state index in [0.717, 1.165) is 14.6 Å². The highest BCUT2D eigenvalue weighted by molar-refractivity contribution is 9.10. The van der Waals surface area contributed by atoms with Gasteiger partial charge in [-0.2, -0.15) is 4.39 Å². The van der Waals surface area contributed by atoms with Crippen molar-refractivity contribution in [3.8, 4) is 0 Å². The number of pyridine rings is 1. The third kappa shape index (κ3) is 3.59. The summed E-state index contributed by atoms with van der Waals surface area (Å²) < 4.78 is 16.3. The van der Waals surface area contributed by atoms with Crippen LogP contribution in [-0.2, 0) is 11.9 Å². The molecule has 0 aliphatic carbocycles. The standard InChI is InChI=1S/C15H15BrFN3O3/c1-8-6-9(16)4-5-11(8)18-13-10(14(21)19-23-3)7-20(2)15(22)12(13)17/h4-7,18H,1-3H3,(H,19,21). The van der Waals surface area contributed by atoms with Gasteiger partial charge in [0, 0.05) is 23.4 Å². The molecule has 0 saturated carbocycles. The molecule has 122 valence electrons. The zero-order valence-electron chi connectivity index (χ0n) is 12.7. The second-order valence-corrected chi connectivity index (χ2v) is 5.78. The van der Waals surface area contributed by atoms with E-state index in [0.29, 0.717) is 5.69 Å². The van der Waals surface area contributed by atoms with E-state index in [1.54, 1.807) is 12.1 Å². The average molecular weight is 384 g/mol. The Hall–Kier alpha value is -2.19. The fourth-order valence-corrected chi connectivity index (χ4v) is 2.52. The number of hydroxylamine groups is 1. The Labute approximate surface area is 140 Å². The first kappa shape index (κ1) is 17.2. The Morgan fingerprint density at radius 1 is 1.39 bits per heavy atom. The van der Waals surface area contributed by atoms with Gasteiger partial charge in [0.1, 0.15) is 0 Å². The average Bonchev–Trinajstić information content (AvgIpc) is 2.50. The number of nitrogens with one attached hydrogen (secondary N) is 2. The van der Waals surface area contributed by atoms with Crippen molar-refractivity contribution in [2.45, 2.75) is 6.92 Å². The van der Waals surface area contributed by atoms with E-state index < -0.39 is 17.3 Å². The number of anilines is 2. The maximum Gasteiger partial charge on any atom is 0.288 e. The molecule has 0 aliphatic rings. The summed E-state index contributed by atoms with van der Waals surface area (Å²) in [4.78, 5) is 28.4. The van der Waals surface area contributed by atoms with Gasteiger partial charge in [-0.3, -0.25) is 14.4 Å². The number of aryl methyl sites for hydroxylation is 2. The quantitative estimate of drug-likeness (QED) is 0.796. The van der Waals surface area contributed by atoms with Crippen LogP contribution in [0.25, 0.3) is 0 Å². The van der Waals surface area contributed by atoms with Gasteiger partial charge in [0.15, 0.2) is 0 Å². The highest BCUT2D eigenvalue weighted by Gasteiger charge is 2.20. The van der Waals surface area contributed by atoms with Crippen molar-refractivity contribution in [3.63, 3.8) is 0 Å². The minimum atomic E-state index is -1.04. The molecule has 0 aliphatic heterocycles. The molecular formula is C15H15BrFN3O3. The van der Waals surface area contributed by atoms with Crippen LogP contribution in [0.4, 0.5) is 15.8 Å². The van der Waals surface area contributed by atoms with E-state index in [4.69, 9.17) is 0 Å². The molecule has 0 fully saturated rings. The Morgan fingerprint density at radius 3 is 2.70 bits per heavy atom. The normalized spacial score (nSPS) is 10.5. The summed E-state index contributed by atoms with van der Waals surface area (Å²) in [5.41, 5.74) is 2.42. The first-order valence-electron chi connectivity index (χ1n) is 6.60. The van der Waals surface area contributed by atoms with Crippen LogP contribution in [0.3, 0.4) is 0 Å². The van der Waals surface area contributed by atoms with Gasteiger partial charge >= 0.3 is 0 Å². The number of nitrogens with zero attached hydrogens (tertiary/aromatic N) is 1. The number of benzene rings is 1. The van der Waals surface area contributed by atoms with Gasteiger partial charge < -0.3 is 9.88 Å². The number of amides is 1.